The lowest BCUT2D eigenvalue weighted by molar-refractivity contribution is 0.436. The molecule has 3 heteroatoms. The smallest absolute Gasteiger partial charge is 0.132 e. The first kappa shape index (κ1) is 22.2. The molecule has 0 saturated carbocycles. The van der Waals surface area contributed by atoms with Crippen LogP contribution in [0.1, 0.15) is 33.4 Å². The minimum Gasteiger partial charge on any atom is -0.457 e. The quantitative estimate of drug-likeness (QED) is 0.241. The highest BCUT2D eigenvalue weighted by Gasteiger charge is 2.50. The van der Waals surface area contributed by atoms with E-state index in [1.54, 1.807) is 12.2 Å². The average Bonchev–Trinajstić information content (AvgIpc) is 3.27. The molecule has 0 bridgehead atoms. The fourth-order valence-electron chi connectivity index (χ4n) is 6.00. The van der Waals surface area contributed by atoms with Crippen molar-refractivity contribution in [2.75, 3.05) is 0 Å². The number of nitrogens with one attached hydrogen (secondary N) is 2. The van der Waals surface area contributed by atoms with Gasteiger partial charge in [-0.25, -0.2) is 0 Å². The van der Waals surface area contributed by atoms with Gasteiger partial charge >= 0.3 is 0 Å². The number of hydrogen-bond acceptors (Lipinski definition) is 3. The molecule has 7 rings (SSSR count). The van der Waals surface area contributed by atoms with Crippen molar-refractivity contribution in [2.45, 2.75) is 5.41 Å². The SMILES string of the molecule is N=C(/C=C\C(=N)c1ccc2c(c1)C1(c3ccccc3O2)c2ccccc2-c2ccccc21)c1ccccc1. The van der Waals surface area contributed by atoms with Gasteiger partial charge in [-0.05, 0) is 69.8 Å². The Bertz CT molecular complexity index is 1740. The molecule has 0 amide bonds. The van der Waals surface area contributed by atoms with Gasteiger partial charge in [0.1, 0.15) is 11.5 Å². The Morgan fingerprint density at radius 1 is 0.500 bits per heavy atom. The first-order valence-corrected chi connectivity index (χ1v) is 12.7. The fourth-order valence-corrected chi connectivity index (χ4v) is 6.00. The number of ether oxygens (including phenoxy) is 1. The van der Waals surface area contributed by atoms with Crippen LogP contribution in [0.3, 0.4) is 0 Å². The number of rotatable bonds is 4. The summed E-state index contributed by atoms with van der Waals surface area (Å²) in [6, 6.07) is 41.1. The van der Waals surface area contributed by atoms with Gasteiger partial charge in [0.05, 0.1) is 16.8 Å². The molecule has 1 heterocycles. The number of benzene rings is 5. The lowest BCUT2D eigenvalue weighted by Gasteiger charge is -2.39. The van der Waals surface area contributed by atoms with Crippen molar-refractivity contribution in [3.05, 3.63) is 167 Å². The largest absolute Gasteiger partial charge is 0.457 e. The van der Waals surface area contributed by atoms with Gasteiger partial charge in [-0.2, -0.15) is 0 Å². The van der Waals surface area contributed by atoms with Crippen LogP contribution >= 0.6 is 0 Å². The second-order valence-corrected chi connectivity index (χ2v) is 9.68. The molecule has 0 fully saturated rings. The highest BCUT2D eigenvalue weighted by Crippen LogP contribution is 2.61. The molecule has 0 unspecified atom stereocenters. The van der Waals surface area contributed by atoms with Crippen molar-refractivity contribution in [3.8, 4) is 22.6 Å². The zero-order chi connectivity index (χ0) is 25.7. The summed E-state index contributed by atoms with van der Waals surface area (Å²) in [5, 5.41) is 17.3. The van der Waals surface area contributed by atoms with Gasteiger partial charge in [-0.1, -0.05) is 97.1 Å². The zero-order valence-corrected chi connectivity index (χ0v) is 20.6. The predicted molar refractivity (Wildman–Crippen MR) is 153 cm³/mol. The van der Waals surface area contributed by atoms with Crippen molar-refractivity contribution >= 4 is 11.4 Å². The van der Waals surface area contributed by atoms with Crippen LogP contribution in [0.15, 0.2) is 133 Å². The summed E-state index contributed by atoms with van der Waals surface area (Å²) in [6.45, 7) is 0. The molecular weight excluding hydrogens is 464 g/mol. The van der Waals surface area contributed by atoms with E-state index < -0.39 is 5.41 Å². The maximum atomic E-state index is 8.87. The molecule has 38 heavy (non-hydrogen) atoms. The van der Waals surface area contributed by atoms with Crippen molar-refractivity contribution in [3.63, 3.8) is 0 Å². The standard InChI is InChI=1S/C35H24N2O/c36-31(23-10-2-1-3-11-23)19-20-32(37)24-18-21-34-30(22-24)35(29-16-8-9-17-33(29)38-34)27-14-6-4-12-25(27)26-13-5-7-15-28(26)35/h1-22,36-37H/b20-19-,36-31?,37-32?. The predicted octanol–water partition coefficient (Wildman–Crippen LogP) is 8.15. The van der Waals surface area contributed by atoms with Gasteiger partial charge in [-0.3, -0.25) is 0 Å². The van der Waals surface area contributed by atoms with E-state index in [2.05, 4.69) is 66.7 Å². The van der Waals surface area contributed by atoms with Crippen molar-refractivity contribution in [1.82, 2.24) is 0 Å². The summed E-state index contributed by atoms with van der Waals surface area (Å²) >= 11 is 0. The van der Waals surface area contributed by atoms with Crippen LogP contribution in [0.25, 0.3) is 11.1 Å². The Labute approximate surface area is 221 Å². The molecule has 0 atom stereocenters. The number of para-hydroxylation sites is 1. The van der Waals surface area contributed by atoms with Crippen molar-refractivity contribution in [1.29, 1.82) is 10.8 Å². The van der Waals surface area contributed by atoms with Gasteiger partial charge in [0, 0.05) is 11.1 Å². The summed E-state index contributed by atoms with van der Waals surface area (Å²) in [6.07, 6.45) is 3.40. The lowest BCUT2D eigenvalue weighted by Crippen LogP contribution is -2.32. The van der Waals surface area contributed by atoms with E-state index >= 15 is 0 Å². The van der Waals surface area contributed by atoms with Crippen LogP contribution in [0.5, 0.6) is 11.5 Å². The highest BCUT2D eigenvalue weighted by molar-refractivity contribution is 6.14. The van der Waals surface area contributed by atoms with Crippen LogP contribution in [-0.2, 0) is 5.41 Å². The van der Waals surface area contributed by atoms with E-state index in [-0.39, 0.29) is 0 Å². The second kappa shape index (κ2) is 8.53. The third-order valence-electron chi connectivity index (χ3n) is 7.66. The van der Waals surface area contributed by atoms with E-state index in [1.807, 2.05) is 54.6 Å². The third kappa shape index (κ3) is 3.15. The van der Waals surface area contributed by atoms with E-state index in [9.17, 15) is 0 Å². The maximum absolute atomic E-state index is 8.87. The van der Waals surface area contributed by atoms with Gasteiger partial charge in [-0.15, -0.1) is 0 Å². The molecule has 180 valence electrons. The maximum Gasteiger partial charge on any atom is 0.132 e. The summed E-state index contributed by atoms with van der Waals surface area (Å²) < 4.78 is 6.46. The minimum atomic E-state index is -0.548. The summed E-state index contributed by atoms with van der Waals surface area (Å²) in [7, 11) is 0. The molecule has 2 aliphatic rings. The van der Waals surface area contributed by atoms with Crippen molar-refractivity contribution in [2.24, 2.45) is 0 Å². The number of allylic oxidation sites excluding steroid dienone is 2. The molecule has 1 aliphatic heterocycles. The normalized spacial score (nSPS) is 13.8. The topological polar surface area (TPSA) is 56.9 Å². The van der Waals surface area contributed by atoms with E-state index in [0.717, 1.165) is 33.8 Å². The second-order valence-electron chi connectivity index (χ2n) is 9.68. The summed E-state index contributed by atoms with van der Waals surface area (Å²) in [4.78, 5) is 0. The molecule has 3 nitrogen and oxygen atoms in total. The molecular formula is C35H24N2O. The first-order valence-electron chi connectivity index (χ1n) is 12.7. The minimum absolute atomic E-state index is 0.349. The van der Waals surface area contributed by atoms with Crippen LogP contribution in [0.4, 0.5) is 0 Å². The van der Waals surface area contributed by atoms with Crippen LogP contribution in [0, 0.1) is 10.8 Å². The molecule has 0 aromatic heterocycles. The molecule has 2 N–H and O–H groups in total. The Morgan fingerprint density at radius 2 is 1.03 bits per heavy atom. The monoisotopic (exact) mass is 488 g/mol. The lowest BCUT2D eigenvalue weighted by atomic mass is 9.66. The zero-order valence-electron chi connectivity index (χ0n) is 20.6. The highest BCUT2D eigenvalue weighted by atomic mass is 16.5. The van der Waals surface area contributed by atoms with E-state index in [1.165, 1.54) is 22.3 Å². The average molecular weight is 489 g/mol. The molecule has 0 radical (unpaired) electrons. The molecule has 0 saturated heterocycles. The Kier molecular flexibility index (Phi) is 4.98. The van der Waals surface area contributed by atoms with Crippen LogP contribution in [0.2, 0.25) is 0 Å². The molecule has 5 aromatic carbocycles. The van der Waals surface area contributed by atoms with Gasteiger partial charge < -0.3 is 15.6 Å². The summed E-state index contributed by atoms with van der Waals surface area (Å²) in [5.41, 5.74) is 8.82. The molecule has 5 aromatic rings. The fraction of sp³-hybridized carbons (Fsp3) is 0.0286. The van der Waals surface area contributed by atoms with Crippen LogP contribution < -0.4 is 4.74 Å². The van der Waals surface area contributed by atoms with Gasteiger partial charge in [0.15, 0.2) is 0 Å². The Hall–Kier alpha value is -5.02. The number of fused-ring (bicyclic) bond motifs is 9. The van der Waals surface area contributed by atoms with Gasteiger partial charge in [0.25, 0.3) is 0 Å². The van der Waals surface area contributed by atoms with Crippen LogP contribution in [-0.4, -0.2) is 11.4 Å². The molecule has 1 spiro atoms. The number of hydrogen-bond donors (Lipinski definition) is 2. The Morgan fingerprint density at radius 3 is 1.71 bits per heavy atom. The molecule has 1 aliphatic carbocycles. The van der Waals surface area contributed by atoms with Crippen molar-refractivity contribution < 1.29 is 4.74 Å². The van der Waals surface area contributed by atoms with Gasteiger partial charge in [0.2, 0.25) is 0 Å². The first-order chi connectivity index (χ1) is 18.7. The Balaban J connectivity index is 1.41. The third-order valence-corrected chi connectivity index (χ3v) is 7.66. The van der Waals surface area contributed by atoms with E-state index in [0.29, 0.717) is 11.4 Å². The van der Waals surface area contributed by atoms with E-state index in [4.69, 9.17) is 15.6 Å². The summed E-state index contributed by atoms with van der Waals surface area (Å²) in [5.74, 6) is 1.65.